The third-order valence-corrected chi connectivity index (χ3v) is 6.42. The molecule has 0 bridgehead atoms. The van der Waals surface area contributed by atoms with Crippen molar-refractivity contribution in [2.75, 3.05) is 50.8 Å². The SMILES string of the molecule is CCOc1cccc2sc(N3CCN(CCNC(=O)c4ccc(C)cc4)CC3)nc12. The van der Waals surface area contributed by atoms with Crippen LogP contribution < -0.4 is 15.0 Å². The third kappa shape index (κ3) is 4.74. The van der Waals surface area contributed by atoms with Crippen LogP contribution in [0.1, 0.15) is 22.8 Å². The van der Waals surface area contributed by atoms with Crippen LogP contribution in [0.3, 0.4) is 0 Å². The monoisotopic (exact) mass is 424 g/mol. The summed E-state index contributed by atoms with van der Waals surface area (Å²) >= 11 is 1.72. The minimum atomic E-state index is -0.00628. The third-order valence-electron chi connectivity index (χ3n) is 5.34. The van der Waals surface area contributed by atoms with E-state index in [-0.39, 0.29) is 5.91 Å². The molecule has 1 fully saturated rings. The number of aryl methyl sites for hydroxylation is 1. The Morgan fingerprint density at radius 3 is 2.63 bits per heavy atom. The molecule has 1 amide bonds. The topological polar surface area (TPSA) is 57.7 Å². The highest BCUT2D eigenvalue weighted by atomic mass is 32.1. The number of aromatic nitrogens is 1. The zero-order chi connectivity index (χ0) is 20.9. The van der Waals surface area contributed by atoms with Gasteiger partial charge in [0.05, 0.1) is 11.3 Å². The van der Waals surface area contributed by atoms with Crippen molar-refractivity contribution < 1.29 is 9.53 Å². The first kappa shape index (κ1) is 20.6. The molecular formula is C23H28N4O2S. The molecule has 2 aromatic carbocycles. The molecule has 0 atom stereocenters. The molecular weight excluding hydrogens is 396 g/mol. The number of para-hydroxylation sites is 1. The van der Waals surface area contributed by atoms with Crippen LogP contribution in [-0.2, 0) is 0 Å². The summed E-state index contributed by atoms with van der Waals surface area (Å²) in [5, 5.41) is 4.09. The van der Waals surface area contributed by atoms with Crippen LogP contribution in [0.15, 0.2) is 42.5 Å². The van der Waals surface area contributed by atoms with Crippen molar-refractivity contribution in [2.45, 2.75) is 13.8 Å². The second-order valence-corrected chi connectivity index (χ2v) is 8.49. The number of rotatable bonds is 7. The van der Waals surface area contributed by atoms with Crippen LogP contribution in [0.5, 0.6) is 5.75 Å². The van der Waals surface area contributed by atoms with Gasteiger partial charge >= 0.3 is 0 Å². The molecule has 6 nitrogen and oxygen atoms in total. The quantitative estimate of drug-likeness (QED) is 0.629. The van der Waals surface area contributed by atoms with Crippen LogP contribution in [-0.4, -0.2) is 61.7 Å². The number of anilines is 1. The molecule has 0 radical (unpaired) electrons. The van der Waals surface area contributed by atoms with Gasteiger partial charge in [-0.3, -0.25) is 9.69 Å². The molecule has 30 heavy (non-hydrogen) atoms. The number of nitrogens with one attached hydrogen (secondary N) is 1. The van der Waals surface area contributed by atoms with Gasteiger partial charge in [0, 0.05) is 44.8 Å². The van der Waals surface area contributed by atoms with E-state index in [4.69, 9.17) is 9.72 Å². The Kier molecular flexibility index (Phi) is 6.50. The summed E-state index contributed by atoms with van der Waals surface area (Å²) in [5.41, 5.74) is 2.83. The maximum atomic E-state index is 12.2. The average Bonchev–Trinajstić information content (AvgIpc) is 3.20. The summed E-state index contributed by atoms with van der Waals surface area (Å²) in [7, 11) is 0. The maximum Gasteiger partial charge on any atom is 0.251 e. The fourth-order valence-corrected chi connectivity index (χ4v) is 4.65. The first-order valence-corrected chi connectivity index (χ1v) is 11.3. The summed E-state index contributed by atoms with van der Waals surface area (Å²) in [4.78, 5) is 21.8. The van der Waals surface area contributed by atoms with E-state index in [2.05, 4.69) is 21.2 Å². The lowest BCUT2D eigenvalue weighted by Gasteiger charge is -2.34. The summed E-state index contributed by atoms with van der Waals surface area (Å²) in [6, 6.07) is 13.8. The van der Waals surface area contributed by atoms with Crippen molar-refractivity contribution in [3.05, 3.63) is 53.6 Å². The Labute approximate surface area is 181 Å². The lowest BCUT2D eigenvalue weighted by molar-refractivity contribution is 0.0948. The number of carbonyl (C=O) groups is 1. The molecule has 1 saturated heterocycles. The number of benzene rings is 2. The van der Waals surface area contributed by atoms with Crippen LogP contribution in [0, 0.1) is 6.92 Å². The number of carbonyl (C=O) groups excluding carboxylic acids is 1. The Morgan fingerprint density at radius 2 is 1.90 bits per heavy atom. The number of amides is 1. The van der Waals surface area contributed by atoms with Gasteiger partial charge in [0.15, 0.2) is 5.13 Å². The zero-order valence-electron chi connectivity index (χ0n) is 17.6. The molecule has 0 spiro atoms. The van der Waals surface area contributed by atoms with Crippen LogP contribution >= 0.6 is 11.3 Å². The molecule has 0 unspecified atom stereocenters. The molecule has 1 aliphatic rings. The van der Waals surface area contributed by atoms with Gasteiger partial charge < -0.3 is 15.0 Å². The highest BCUT2D eigenvalue weighted by Gasteiger charge is 2.20. The molecule has 1 aliphatic heterocycles. The molecule has 3 aromatic rings. The first-order chi connectivity index (χ1) is 14.6. The van der Waals surface area contributed by atoms with Crippen molar-refractivity contribution in [1.82, 2.24) is 15.2 Å². The number of ether oxygens (including phenoxy) is 1. The number of nitrogens with zero attached hydrogens (tertiary/aromatic N) is 3. The predicted octanol–water partition coefficient (Wildman–Crippen LogP) is 3.56. The second-order valence-electron chi connectivity index (χ2n) is 7.48. The Hall–Kier alpha value is -2.64. The summed E-state index contributed by atoms with van der Waals surface area (Å²) in [5.74, 6) is 0.855. The summed E-state index contributed by atoms with van der Waals surface area (Å²) in [6.45, 7) is 9.99. The van der Waals surface area contributed by atoms with Gasteiger partial charge in [0.2, 0.25) is 0 Å². The normalized spacial score (nSPS) is 14.8. The average molecular weight is 425 g/mol. The van der Waals surface area contributed by atoms with Crippen molar-refractivity contribution in [3.8, 4) is 5.75 Å². The smallest absolute Gasteiger partial charge is 0.251 e. The molecule has 4 rings (SSSR count). The Morgan fingerprint density at radius 1 is 1.13 bits per heavy atom. The Bertz CT molecular complexity index is 994. The predicted molar refractivity (Wildman–Crippen MR) is 123 cm³/mol. The second kappa shape index (κ2) is 9.45. The van der Waals surface area contributed by atoms with E-state index >= 15 is 0 Å². The van der Waals surface area contributed by atoms with E-state index in [1.165, 1.54) is 0 Å². The van der Waals surface area contributed by atoms with Crippen LogP contribution in [0.25, 0.3) is 10.2 Å². The fraction of sp³-hybridized carbons (Fsp3) is 0.391. The van der Waals surface area contributed by atoms with E-state index in [0.29, 0.717) is 18.7 Å². The lowest BCUT2D eigenvalue weighted by Crippen LogP contribution is -2.48. The minimum Gasteiger partial charge on any atom is -0.492 e. The van der Waals surface area contributed by atoms with Crippen molar-refractivity contribution >= 4 is 32.6 Å². The molecule has 0 aliphatic carbocycles. The van der Waals surface area contributed by atoms with Gasteiger partial charge in [-0.05, 0) is 38.1 Å². The number of thiazole rings is 1. The fourth-order valence-electron chi connectivity index (χ4n) is 3.62. The largest absolute Gasteiger partial charge is 0.492 e. The van der Waals surface area contributed by atoms with Crippen LogP contribution in [0.4, 0.5) is 5.13 Å². The zero-order valence-corrected chi connectivity index (χ0v) is 18.4. The van der Waals surface area contributed by atoms with Crippen molar-refractivity contribution in [3.63, 3.8) is 0 Å². The number of fused-ring (bicyclic) bond motifs is 1. The van der Waals surface area contributed by atoms with E-state index < -0.39 is 0 Å². The number of piperazine rings is 1. The van der Waals surface area contributed by atoms with Crippen molar-refractivity contribution in [1.29, 1.82) is 0 Å². The molecule has 158 valence electrons. The van der Waals surface area contributed by atoms with E-state index in [1.807, 2.05) is 50.2 Å². The lowest BCUT2D eigenvalue weighted by atomic mass is 10.1. The standard InChI is InChI=1S/C23H28N4O2S/c1-3-29-19-5-4-6-20-21(19)25-23(30-20)27-15-13-26(14-16-27)12-11-24-22(28)18-9-7-17(2)8-10-18/h4-10H,3,11-16H2,1-2H3,(H,24,28). The van der Waals surface area contributed by atoms with Crippen LogP contribution in [0.2, 0.25) is 0 Å². The minimum absolute atomic E-state index is 0.00628. The summed E-state index contributed by atoms with van der Waals surface area (Å²) in [6.07, 6.45) is 0. The molecule has 1 N–H and O–H groups in total. The highest BCUT2D eigenvalue weighted by Crippen LogP contribution is 2.34. The first-order valence-electron chi connectivity index (χ1n) is 10.5. The molecule has 0 saturated carbocycles. The van der Waals surface area contributed by atoms with E-state index in [0.717, 1.165) is 59.4 Å². The molecule has 7 heteroatoms. The van der Waals surface area contributed by atoms with E-state index in [9.17, 15) is 4.79 Å². The van der Waals surface area contributed by atoms with Gasteiger partial charge in [-0.25, -0.2) is 4.98 Å². The van der Waals surface area contributed by atoms with Gasteiger partial charge in [-0.2, -0.15) is 0 Å². The number of hydrogen-bond donors (Lipinski definition) is 1. The highest BCUT2D eigenvalue weighted by molar-refractivity contribution is 7.22. The van der Waals surface area contributed by atoms with Gasteiger partial charge in [0.1, 0.15) is 11.3 Å². The van der Waals surface area contributed by atoms with Gasteiger partial charge in [-0.1, -0.05) is 35.1 Å². The molecule has 1 aromatic heterocycles. The number of hydrogen-bond acceptors (Lipinski definition) is 6. The van der Waals surface area contributed by atoms with Gasteiger partial charge in [0.25, 0.3) is 5.91 Å². The maximum absolute atomic E-state index is 12.2. The summed E-state index contributed by atoms with van der Waals surface area (Å²) < 4.78 is 6.89. The van der Waals surface area contributed by atoms with Crippen molar-refractivity contribution in [2.24, 2.45) is 0 Å². The van der Waals surface area contributed by atoms with Gasteiger partial charge in [-0.15, -0.1) is 0 Å². The Balaban J connectivity index is 1.27. The van der Waals surface area contributed by atoms with E-state index in [1.54, 1.807) is 11.3 Å². The molecule has 2 heterocycles.